The molecule has 0 saturated carbocycles. The smallest absolute Gasteiger partial charge is 1.00 e. The summed E-state index contributed by atoms with van der Waals surface area (Å²) >= 11 is 17.9. The quantitative estimate of drug-likeness (QED) is 0.0709. The molecule has 4 heterocycles. The van der Waals surface area contributed by atoms with Crippen LogP contribution in [0.3, 0.4) is 0 Å². The number of oxazole rings is 2. The van der Waals surface area contributed by atoms with Crippen LogP contribution >= 0.6 is 34.8 Å². The van der Waals surface area contributed by atoms with Crippen LogP contribution in [0.15, 0.2) is 130 Å². The molecule has 0 spiro atoms. The number of carbonyl (C=O) groups excluding carboxylic acids is 3. The van der Waals surface area contributed by atoms with Crippen molar-refractivity contribution >= 4 is 87.3 Å². The van der Waals surface area contributed by atoms with Crippen molar-refractivity contribution in [3.63, 3.8) is 0 Å². The number of anilines is 2. The summed E-state index contributed by atoms with van der Waals surface area (Å²) in [5.74, 6) is 0.694. The molecule has 0 aliphatic rings. The van der Waals surface area contributed by atoms with Gasteiger partial charge in [-0.2, -0.15) is 9.97 Å². The molecule has 17 nitrogen and oxygen atoms in total. The normalized spacial score (nSPS) is 9.82. The van der Waals surface area contributed by atoms with E-state index in [1.54, 1.807) is 62.6 Å². The van der Waals surface area contributed by atoms with Crippen molar-refractivity contribution in [2.45, 2.75) is 13.1 Å². The van der Waals surface area contributed by atoms with Crippen molar-refractivity contribution < 1.29 is 182 Å². The molecule has 0 bridgehead atoms. The SMILES string of the molecule is CNC(=O)c1cc(Cl)ccn1.CNC(=O)c1cc(Oc2ccc3nc(NCc4ccccc4Cl)oc3c2)ccn1.O=CO[O-].Oc1ccc2nc(NCc3ccccc3Cl)oc2c1.[Cs+].[Cs+].[H-]. The Morgan fingerprint density at radius 2 is 1.17 bits per heavy atom. The van der Waals surface area contributed by atoms with Gasteiger partial charge in [-0.25, -0.2) is 0 Å². The predicted octanol–water partition coefficient (Wildman–Crippen LogP) is 2.09. The number of fused-ring (bicyclic) bond motifs is 2. The van der Waals surface area contributed by atoms with Crippen molar-refractivity contribution in [2.24, 2.45) is 0 Å². The van der Waals surface area contributed by atoms with Crippen molar-refractivity contribution in [3.8, 4) is 17.2 Å². The molecule has 0 aliphatic heterocycles. The molecule has 22 heteroatoms. The summed E-state index contributed by atoms with van der Waals surface area (Å²) in [6.45, 7) is 0.841. The van der Waals surface area contributed by atoms with Crippen LogP contribution in [0.4, 0.5) is 12.0 Å². The van der Waals surface area contributed by atoms with Gasteiger partial charge in [-0.05, 0) is 65.7 Å². The third kappa shape index (κ3) is 18.0. The molecule has 2 amide bonds. The molecular weight excluding hydrogens is 1140 g/mol. The zero-order valence-corrected chi connectivity index (χ0v) is 50.0. The maximum atomic E-state index is 11.7. The molecule has 4 aromatic heterocycles. The number of nitrogens with one attached hydrogen (secondary N) is 4. The predicted molar refractivity (Wildman–Crippen MR) is 236 cm³/mol. The van der Waals surface area contributed by atoms with Crippen molar-refractivity contribution in [1.82, 2.24) is 30.6 Å². The van der Waals surface area contributed by atoms with Gasteiger partial charge in [0.15, 0.2) is 11.2 Å². The van der Waals surface area contributed by atoms with Crippen LogP contribution in [0.1, 0.15) is 33.5 Å². The molecule has 0 radical (unpaired) electrons. The van der Waals surface area contributed by atoms with Gasteiger partial charge < -0.3 is 51.5 Å². The van der Waals surface area contributed by atoms with E-state index < -0.39 is 0 Å². The number of aromatic hydroxyl groups is 1. The molecule has 326 valence electrons. The summed E-state index contributed by atoms with van der Waals surface area (Å²) in [5, 5.41) is 30.9. The maximum absolute atomic E-state index is 11.7. The number of carbonyl (C=O) groups is 3. The molecule has 0 aliphatic carbocycles. The first-order valence-electron chi connectivity index (χ1n) is 18.4. The van der Waals surface area contributed by atoms with Crippen LogP contribution in [0.5, 0.6) is 17.2 Å². The molecule has 4 aromatic carbocycles. The van der Waals surface area contributed by atoms with E-state index in [9.17, 15) is 14.7 Å². The monoisotopic (exact) mass is 1180 g/mol. The van der Waals surface area contributed by atoms with Crippen LogP contribution in [0.25, 0.3) is 22.2 Å². The number of hydrogen-bond donors (Lipinski definition) is 5. The number of ether oxygens (including phenoxy) is 1. The van der Waals surface area contributed by atoms with Gasteiger partial charge in [-0.15, -0.1) is 0 Å². The van der Waals surface area contributed by atoms with Gasteiger partial charge in [-0.1, -0.05) is 71.2 Å². The Kier molecular flexibility index (Phi) is 25.3. The fraction of sp³-hybridized carbons (Fsp3) is 0.0930. The Morgan fingerprint density at radius 3 is 1.68 bits per heavy atom. The van der Waals surface area contributed by atoms with E-state index in [1.165, 1.54) is 24.5 Å². The van der Waals surface area contributed by atoms with Crippen molar-refractivity contribution in [3.05, 3.63) is 159 Å². The first kappa shape index (κ1) is 56.0. The minimum absolute atomic E-state index is 0. The Hall–Kier alpha value is -3.34. The minimum atomic E-state index is -0.282. The van der Waals surface area contributed by atoms with Crippen molar-refractivity contribution in [1.29, 1.82) is 0 Å². The zero-order chi connectivity index (χ0) is 45.1. The molecule has 0 fully saturated rings. The zero-order valence-electron chi connectivity index (χ0n) is 36.2. The van der Waals surface area contributed by atoms with E-state index in [0.29, 0.717) is 79.6 Å². The third-order valence-corrected chi connectivity index (χ3v) is 9.13. The minimum Gasteiger partial charge on any atom is -1.00 e. The van der Waals surface area contributed by atoms with Crippen molar-refractivity contribution in [2.75, 3.05) is 24.7 Å². The van der Waals surface area contributed by atoms with Gasteiger partial charge in [0.25, 0.3) is 30.3 Å². The number of hydrogen-bond acceptors (Lipinski definition) is 15. The van der Waals surface area contributed by atoms with Gasteiger partial charge in [-0.3, -0.25) is 24.4 Å². The van der Waals surface area contributed by atoms with E-state index in [0.717, 1.165) is 11.1 Å². The number of halogens is 3. The number of phenolic OH excluding ortho intramolecular Hbond substituents is 1. The van der Waals surface area contributed by atoms with E-state index in [4.69, 9.17) is 58.4 Å². The summed E-state index contributed by atoms with van der Waals surface area (Å²) in [6.07, 6.45) is 3.01. The number of benzene rings is 4. The van der Waals surface area contributed by atoms with E-state index in [-0.39, 0.29) is 169 Å². The maximum Gasteiger partial charge on any atom is 1.00 e. The number of aromatic nitrogens is 4. The third-order valence-electron chi connectivity index (χ3n) is 8.16. The van der Waals surface area contributed by atoms with Gasteiger partial charge in [0.05, 0.1) is 0 Å². The summed E-state index contributed by atoms with van der Waals surface area (Å²) < 4.78 is 17.1. The number of rotatable bonds is 11. The van der Waals surface area contributed by atoms with Crippen LogP contribution in [-0.2, 0) is 22.8 Å². The Bertz CT molecular complexity index is 2810. The molecule has 0 saturated heterocycles. The van der Waals surface area contributed by atoms with E-state index in [1.807, 2.05) is 48.5 Å². The molecule has 0 atom stereocenters. The first-order valence-corrected chi connectivity index (χ1v) is 19.5. The summed E-state index contributed by atoms with van der Waals surface area (Å²) in [6, 6.07) is 32.5. The molecule has 8 aromatic rings. The summed E-state index contributed by atoms with van der Waals surface area (Å²) in [5.41, 5.74) is 5.03. The van der Waals surface area contributed by atoms with E-state index in [2.05, 4.69) is 46.1 Å². The summed E-state index contributed by atoms with van der Waals surface area (Å²) in [4.78, 5) is 50.4. The fourth-order valence-corrected chi connectivity index (χ4v) is 5.74. The van der Waals surface area contributed by atoms with Crippen LogP contribution in [-0.4, -0.2) is 57.4 Å². The second-order valence-corrected chi connectivity index (χ2v) is 13.6. The Balaban J connectivity index is 0.000000348. The van der Waals surface area contributed by atoms with Gasteiger partial charge in [0.1, 0.15) is 39.7 Å². The van der Waals surface area contributed by atoms with Crippen LogP contribution in [0, 0.1) is 0 Å². The topological polar surface area (TPSA) is 239 Å². The number of amides is 2. The average Bonchev–Trinajstić information content (AvgIpc) is 3.91. The molecule has 0 unspecified atom stereocenters. The molecule has 5 N–H and O–H groups in total. The first-order chi connectivity index (χ1) is 30.5. The second-order valence-electron chi connectivity index (χ2n) is 12.4. The Labute approximate surface area is 506 Å². The van der Waals surface area contributed by atoms with Crippen LogP contribution < -0.4 is 169 Å². The fourth-order valence-electron chi connectivity index (χ4n) is 5.18. The number of pyridine rings is 2. The van der Waals surface area contributed by atoms with E-state index >= 15 is 0 Å². The van der Waals surface area contributed by atoms with Gasteiger partial charge >= 0.3 is 138 Å². The average molecular weight is 1180 g/mol. The van der Waals surface area contributed by atoms with Gasteiger partial charge in [0, 0.05) is 72.8 Å². The standard InChI is InChI=1S/C21H17ClN4O3.C14H11ClN2O2.C7H7ClN2O.CH2O3.2Cs.H/c1-23-20(27)18-10-15(8-9-24-18)28-14-6-7-17-19(11-14)29-21(26-17)25-12-13-4-2-3-5-16(13)22;15-11-4-2-1-3-9(11)8-16-14-17-12-6-5-10(18)7-13(12)19-14;1-9-7(11)6-4-5(8)2-3-10-6;2-1-4-3;;;/h2-11H,12H2,1H3,(H,23,27)(H,25,26);1-7,18H,8H2,(H,16,17);2-4H,1H3,(H,9,11);1,3H;;;/q;;;;2*+1;-1/p-1. The number of phenols is 1. The van der Waals surface area contributed by atoms with Gasteiger partial charge in [0.2, 0.25) is 0 Å². The summed E-state index contributed by atoms with van der Waals surface area (Å²) in [7, 11) is 3.09. The van der Waals surface area contributed by atoms with Crippen LogP contribution in [0.2, 0.25) is 15.1 Å². The number of nitrogens with zero attached hydrogens (tertiary/aromatic N) is 4. The molecule has 65 heavy (non-hydrogen) atoms. The second kappa shape index (κ2) is 29.4. The molecule has 8 rings (SSSR count). The Morgan fingerprint density at radius 1 is 0.692 bits per heavy atom. The molecular formula is C43H37Cl3Cs2N8O9. The largest absolute Gasteiger partial charge is 1.00 e.